The Labute approximate surface area is 147 Å². The van der Waals surface area contributed by atoms with E-state index in [4.69, 9.17) is 4.74 Å². The van der Waals surface area contributed by atoms with Gasteiger partial charge in [-0.1, -0.05) is 18.2 Å². The highest BCUT2D eigenvalue weighted by Crippen LogP contribution is 2.22. The summed E-state index contributed by atoms with van der Waals surface area (Å²) in [6.45, 7) is 0.326. The molecule has 2 aromatic carbocycles. The van der Waals surface area contributed by atoms with Crippen LogP contribution in [0.3, 0.4) is 0 Å². The molecule has 0 aromatic heterocycles. The lowest BCUT2D eigenvalue weighted by atomic mass is 10.2. The van der Waals surface area contributed by atoms with Gasteiger partial charge < -0.3 is 10.1 Å². The summed E-state index contributed by atoms with van der Waals surface area (Å²) in [5.74, 6) is 0.431. The Morgan fingerprint density at radius 1 is 1.12 bits per heavy atom. The van der Waals surface area contributed by atoms with Gasteiger partial charge in [-0.25, -0.2) is 13.1 Å². The third-order valence-electron chi connectivity index (χ3n) is 3.96. The van der Waals surface area contributed by atoms with Crippen LogP contribution in [0.4, 0.5) is 0 Å². The lowest BCUT2D eigenvalue weighted by Crippen LogP contribution is -2.26. The average Bonchev–Trinajstić information content (AvgIpc) is 3.43. The van der Waals surface area contributed by atoms with Crippen molar-refractivity contribution in [2.45, 2.75) is 30.3 Å². The van der Waals surface area contributed by atoms with Crippen LogP contribution in [-0.4, -0.2) is 27.5 Å². The Bertz CT molecular complexity index is 859. The zero-order valence-electron chi connectivity index (χ0n) is 13.9. The molecule has 0 aliphatic heterocycles. The number of carbonyl (C=O) groups is 1. The molecule has 1 saturated carbocycles. The van der Waals surface area contributed by atoms with Gasteiger partial charge in [-0.15, -0.1) is 0 Å². The second-order valence-corrected chi connectivity index (χ2v) is 7.63. The largest absolute Gasteiger partial charge is 0.496 e. The molecule has 1 fully saturated rings. The zero-order valence-corrected chi connectivity index (χ0v) is 14.7. The Morgan fingerprint density at radius 2 is 1.80 bits per heavy atom. The number of nitrogens with one attached hydrogen (secondary N) is 2. The zero-order chi connectivity index (χ0) is 17.9. The lowest BCUT2D eigenvalue weighted by Gasteiger charge is -2.10. The van der Waals surface area contributed by atoms with E-state index in [0.29, 0.717) is 17.9 Å². The molecule has 0 spiro atoms. The van der Waals surface area contributed by atoms with Gasteiger partial charge in [0.25, 0.3) is 5.91 Å². The lowest BCUT2D eigenvalue weighted by molar-refractivity contribution is 0.0950. The molecule has 7 heteroatoms. The average molecular weight is 360 g/mol. The predicted octanol–water partition coefficient (Wildman–Crippen LogP) is 2.07. The van der Waals surface area contributed by atoms with E-state index in [1.165, 1.54) is 24.3 Å². The number of sulfonamides is 1. The first-order valence-corrected chi connectivity index (χ1v) is 9.50. The van der Waals surface area contributed by atoms with E-state index >= 15 is 0 Å². The molecule has 3 rings (SSSR count). The molecule has 0 unspecified atom stereocenters. The predicted molar refractivity (Wildman–Crippen MR) is 93.9 cm³/mol. The third-order valence-corrected chi connectivity index (χ3v) is 5.49. The quantitative estimate of drug-likeness (QED) is 0.792. The number of rotatable bonds is 7. The van der Waals surface area contributed by atoms with Crippen molar-refractivity contribution < 1.29 is 17.9 Å². The van der Waals surface area contributed by atoms with Crippen LogP contribution < -0.4 is 14.8 Å². The molecule has 0 bridgehead atoms. The van der Waals surface area contributed by atoms with E-state index < -0.39 is 10.0 Å². The highest BCUT2D eigenvalue weighted by atomic mass is 32.2. The number of carbonyl (C=O) groups excluding carboxylic acids is 1. The van der Waals surface area contributed by atoms with Crippen LogP contribution in [0.1, 0.15) is 28.8 Å². The summed E-state index contributed by atoms with van der Waals surface area (Å²) in [5.41, 5.74) is 1.27. The Kier molecular flexibility index (Phi) is 5.06. The van der Waals surface area contributed by atoms with Crippen LogP contribution in [0, 0.1) is 0 Å². The first-order valence-electron chi connectivity index (χ1n) is 8.02. The van der Waals surface area contributed by atoms with Crippen LogP contribution in [0.25, 0.3) is 0 Å². The number of hydrogen-bond donors (Lipinski definition) is 2. The van der Waals surface area contributed by atoms with Crippen molar-refractivity contribution in [3.05, 3.63) is 59.7 Å². The van der Waals surface area contributed by atoms with Crippen LogP contribution in [0.15, 0.2) is 53.4 Å². The molecule has 0 radical (unpaired) electrons. The molecule has 2 N–H and O–H groups in total. The molecular weight excluding hydrogens is 340 g/mol. The fourth-order valence-corrected chi connectivity index (χ4v) is 3.71. The topological polar surface area (TPSA) is 84.5 Å². The van der Waals surface area contributed by atoms with E-state index in [1.807, 2.05) is 24.3 Å². The smallest absolute Gasteiger partial charge is 0.251 e. The summed E-state index contributed by atoms with van der Waals surface area (Å²) >= 11 is 0. The van der Waals surface area contributed by atoms with Gasteiger partial charge in [0.15, 0.2) is 0 Å². The number of hydrogen-bond acceptors (Lipinski definition) is 4. The normalized spacial score (nSPS) is 14.1. The Balaban J connectivity index is 1.64. The minimum absolute atomic E-state index is 0.0498. The molecule has 1 aliphatic rings. The maximum atomic E-state index is 12.2. The van der Waals surface area contributed by atoms with E-state index in [0.717, 1.165) is 18.4 Å². The Morgan fingerprint density at radius 3 is 2.44 bits per heavy atom. The van der Waals surface area contributed by atoms with Crippen molar-refractivity contribution in [3.8, 4) is 5.75 Å². The highest BCUT2D eigenvalue weighted by molar-refractivity contribution is 7.89. The van der Waals surface area contributed by atoms with E-state index in [-0.39, 0.29) is 16.8 Å². The first kappa shape index (κ1) is 17.4. The van der Waals surface area contributed by atoms with Gasteiger partial charge in [0.1, 0.15) is 5.75 Å². The van der Waals surface area contributed by atoms with Gasteiger partial charge in [0.05, 0.1) is 12.0 Å². The summed E-state index contributed by atoms with van der Waals surface area (Å²) in [7, 11) is -1.92. The van der Waals surface area contributed by atoms with E-state index in [9.17, 15) is 13.2 Å². The fourth-order valence-electron chi connectivity index (χ4n) is 2.40. The number of ether oxygens (including phenoxy) is 1. The summed E-state index contributed by atoms with van der Waals surface area (Å²) < 4.78 is 32.1. The SMILES string of the molecule is COc1ccccc1CNC(=O)c1ccc(S(=O)(=O)NC2CC2)cc1. The third kappa shape index (κ3) is 4.37. The summed E-state index contributed by atoms with van der Waals surface area (Å²) in [6.07, 6.45) is 1.76. The number of amides is 1. The molecule has 0 atom stereocenters. The molecule has 6 nitrogen and oxygen atoms in total. The molecule has 25 heavy (non-hydrogen) atoms. The van der Waals surface area contributed by atoms with Crippen molar-refractivity contribution in [2.75, 3.05) is 7.11 Å². The van der Waals surface area contributed by atoms with Crippen molar-refractivity contribution in [1.82, 2.24) is 10.0 Å². The van der Waals surface area contributed by atoms with Crippen molar-refractivity contribution >= 4 is 15.9 Å². The van der Waals surface area contributed by atoms with Crippen LogP contribution in [0.2, 0.25) is 0 Å². The summed E-state index contributed by atoms with van der Waals surface area (Å²) in [4.78, 5) is 12.4. The van der Waals surface area contributed by atoms with E-state index in [1.54, 1.807) is 7.11 Å². The monoisotopic (exact) mass is 360 g/mol. The second kappa shape index (κ2) is 7.25. The van der Waals surface area contributed by atoms with Crippen LogP contribution in [0.5, 0.6) is 5.75 Å². The second-order valence-electron chi connectivity index (χ2n) is 5.91. The molecule has 1 amide bonds. The first-order chi connectivity index (χ1) is 12.0. The minimum atomic E-state index is -3.50. The van der Waals surface area contributed by atoms with E-state index in [2.05, 4.69) is 10.0 Å². The van der Waals surface area contributed by atoms with Gasteiger partial charge in [0, 0.05) is 23.7 Å². The minimum Gasteiger partial charge on any atom is -0.496 e. The summed E-state index contributed by atoms with van der Waals surface area (Å²) in [6, 6.07) is 13.4. The molecule has 0 heterocycles. The number of para-hydroxylation sites is 1. The highest BCUT2D eigenvalue weighted by Gasteiger charge is 2.27. The van der Waals surface area contributed by atoms with Gasteiger partial charge in [0.2, 0.25) is 10.0 Å². The molecule has 2 aromatic rings. The summed E-state index contributed by atoms with van der Waals surface area (Å²) in [5, 5.41) is 2.81. The van der Waals surface area contributed by atoms with Gasteiger partial charge in [-0.05, 0) is 43.2 Å². The number of benzene rings is 2. The van der Waals surface area contributed by atoms with Crippen LogP contribution >= 0.6 is 0 Å². The van der Waals surface area contributed by atoms with Gasteiger partial charge >= 0.3 is 0 Å². The van der Waals surface area contributed by atoms with Crippen molar-refractivity contribution in [1.29, 1.82) is 0 Å². The number of methoxy groups -OCH3 is 1. The molecule has 0 saturated heterocycles. The van der Waals surface area contributed by atoms with Gasteiger partial charge in [-0.3, -0.25) is 4.79 Å². The maximum absolute atomic E-state index is 12.2. The van der Waals surface area contributed by atoms with Gasteiger partial charge in [-0.2, -0.15) is 0 Å². The van der Waals surface area contributed by atoms with Crippen molar-refractivity contribution in [2.24, 2.45) is 0 Å². The molecular formula is C18H20N2O4S. The fraction of sp³-hybridized carbons (Fsp3) is 0.278. The molecule has 132 valence electrons. The van der Waals surface area contributed by atoms with Crippen LogP contribution in [-0.2, 0) is 16.6 Å². The maximum Gasteiger partial charge on any atom is 0.251 e. The Hall–Kier alpha value is -2.38. The molecule has 1 aliphatic carbocycles. The van der Waals surface area contributed by atoms with Crippen molar-refractivity contribution in [3.63, 3.8) is 0 Å². The standard InChI is InChI=1S/C18H20N2O4S/c1-24-17-5-3-2-4-14(17)12-19-18(21)13-6-10-16(11-7-13)25(22,23)20-15-8-9-15/h2-7,10-11,15,20H,8-9,12H2,1H3,(H,19,21).